The van der Waals surface area contributed by atoms with Crippen LogP contribution in [0.3, 0.4) is 0 Å². The van der Waals surface area contributed by atoms with Crippen molar-refractivity contribution >= 4 is 11.3 Å². The van der Waals surface area contributed by atoms with Gasteiger partial charge in [-0.15, -0.1) is 11.3 Å². The van der Waals surface area contributed by atoms with Gasteiger partial charge in [-0.25, -0.2) is 8.78 Å². The molecule has 1 atom stereocenters. The second kappa shape index (κ2) is 4.94. The predicted octanol–water partition coefficient (Wildman–Crippen LogP) is 4.08. The third-order valence-corrected chi connectivity index (χ3v) is 3.45. The summed E-state index contributed by atoms with van der Waals surface area (Å²) >= 11 is 1.56. The summed E-state index contributed by atoms with van der Waals surface area (Å²) in [5, 5.41) is 11.9. The van der Waals surface area contributed by atoms with E-state index in [9.17, 15) is 13.9 Å². The van der Waals surface area contributed by atoms with Crippen molar-refractivity contribution in [3.63, 3.8) is 0 Å². The number of benzene rings is 1. The smallest absolute Gasteiger partial charge is 0.263 e. The molecule has 2 aromatic rings. The maximum atomic E-state index is 12.4. The van der Waals surface area contributed by atoms with Gasteiger partial charge >= 0.3 is 0 Å². The summed E-state index contributed by atoms with van der Waals surface area (Å²) in [5.74, 6) is 0. The zero-order chi connectivity index (χ0) is 12.4. The molecule has 2 rings (SSSR count). The van der Waals surface area contributed by atoms with Gasteiger partial charge in [0.15, 0.2) is 0 Å². The van der Waals surface area contributed by atoms with E-state index < -0.39 is 12.5 Å². The first kappa shape index (κ1) is 12.2. The maximum Gasteiger partial charge on any atom is 0.263 e. The third kappa shape index (κ3) is 2.70. The second-order valence-electron chi connectivity index (χ2n) is 3.86. The lowest BCUT2D eigenvalue weighted by Crippen LogP contribution is -1.98. The Hall–Kier alpha value is -1.26. The predicted molar refractivity (Wildman–Crippen MR) is 64.5 cm³/mol. The summed E-state index contributed by atoms with van der Waals surface area (Å²) in [6.45, 7) is 1.96. The third-order valence-electron chi connectivity index (χ3n) is 2.57. The molecule has 1 nitrogen and oxygen atoms in total. The van der Waals surface area contributed by atoms with Crippen LogP contribution in [0.1, 0.15) is 34.1 Å². The Bertz CT molecular complexity index is 490. The summed E-state index contributed by atoms with van der Waals surface area (Å²) in [4.78, 5) is 1.11. The van der Waals surface area contributed by atoms with Gasteiger partial charge < -0.3 is 5.11 Å². The number of aliphatic hydroxyl groups excluding tert-OH is 1. The number of alkyl halides is 2. The summed E-state index contributed by atoms with van der Waals surface area (Å²) in [5.41, 5.74) is 1.41. The van der Waals surface area contributed by atoms with Gasteiger partial charge in [0.05, 0.1) is 0 Å². The van der Waals surface area contributed by atoms with Crippen molar-refractivity contribution in [2.24, 2.45) is 0 Å². The molecule has 0 saturated carbocycles. The first-order valence-corrected chi connectivity index (χ1v) is 6.07. The average Bonchev–Trinajstić information content (AvgIpc) is 2.75. The molecule has 0 aliphatic heterocycles. The van der Waals surface area contributed by atoms with Crippen molar-refractivity contribution < 1.29 is 13.9 Å². The number of aliphatic hydroxyl groups is 1. The lowest BCUT2D eigenvalue weighted by Gasteiger charge is -2.10. The Balaban J connectivity index is 2.22. The molecule has 0 saturated heterocycles. The molecular weight excluding hydrogens is 242 g/mol. The molecule has 1 aromatic heterocycles. The van der Waals surface area contributed by atoms with Crippen molar-refractivity contribution in [2.45, 2.75) is 19.5 Å². The van der Waals surface area contributed by atoms with E-state index in [1.54, 1.807) is 23.5 Å². The number of rotatable bonds is 3. The van der Waals surface area contributed by atoms with E-state index >= 15 is 0 Å². The molecule has 90 valence electrons. The normalized spacial score (nSPS) is 13.0. The molecule has 0 amide bonds. The van der Waals surface area contributed by atoms with Crippen LogP contribution in [-0.4, -0.2) is 5.11 Å². The fourth-order valence-corrected chi connectivity index (χ4v) is 2.35. The molecule has 1 N–H and O–H groups in total. The molecule has 4 heteroatoms. The van der Waals surface area contributed by atoms with E-state index in [0.717, 1.165) is 10.4 Å². The first-order valence-electron chi connectivity index (χ1n) is 5.19. The Labute approximate surface area is 102 Å². The second-order valence-corrected chi connectivity index (χ2v) is 4.98. The zero-order valence-electron chi connectivity index (χ0n) is 9.23. The Morgan fingerprint density at radius 3 is 2.12 bits per heavy atom. The fraction of sp³-hybridized carbons (Fsp3) is 0.231. The minimum atomic E-state index is -2.47. The molecule has 0 aliphatic rings. The number of halogens is 2. The van der Waals surface area contributed by atoms with Gasteiger partial charge in [0, 0.05) is 10.4 Å². The van der Waals surface area contributed by atoms with E-state index in [1.165, 1.54) is 12.1 Å². The van der Waals surface area contributed by atoms with Crippen LogP contribution in [0.2, 0.25) is 0 Å². The van der Waals surface area contributed by atoms with Gasteiger partial charge in [-0.1, -0.05) is 24.3 Å². The average molecular weight is 254 g/mol. The van der Waals surface area contributed by atoms with E-state index in [-0.39, 0.29) is 5.56 Å². The van der Waals surface area contributed by atoms with E-state index in [0.29, 0.717) is 5.56 Å². The minimum Gasteiger partial charge on any atom is -0.384 e. The number of thiophene rings is 1. The molecule has 17 heavy (non-hydrogen) atoms. The van der Waals surface area contributed by atoms with Gasteiger partial charge in [-0.2, -0.15) is 0 Å². The van der Waals surface area contributed by atoms with Gasteiger partial charge in [-0.3, -0.25) is 0 Å². The Morgan fingerprint density at radius 2 is 1.65 bits per heavy atom. The molecule has 0 fully saturated rings. The SMILES string of the molecule is Cc1cc(C(O)c2ccc(C(F)F)cc2)cs1. The summed E-state index contributed by atoms with van der Waals surface area (Å²) in [7, 11) is 0. The van der Waals surface area contributed by atoms with Crippen LogP contribution < -0.4 is 0 Å². The minimum absolute atomic E-state index is 0.0255. The highest BCUT2D eigenvalue weighted by molar-refractivity contribution is 7.10. The highest BCUT2D eigenvalue weighted by Crippen LogP contribution is 2.27. The van der Waals surface area contributed by atoms with Crippen LogP contribution >= 0.6 is 11.3 Å². The van der Waals surface area contributed by atoms with E-state index in [1.807, 2.05) is 18.4 Å². The van der Waals surface area contributed by atoms with Gasteiger partial charge in [0.1, 0.15) is 6.10 Å². The van der Waals surface area contributed by atoms with Crippen LogP contribution in [-0.2, 0) is 0 Å². The molecule has 1 aromatic carbocycles. The molecule has 0 radical (unpaired) electrons. The number of aryl methyl sites for hydroxylation is 1. The quantitative estimate of drug-likeness (QED) is 0.875. The Morgan fingerprint density at radius 1 is 1.06 bits per heavy atom. The molecular formula is C13H12F2OS. The largest absolute Gasteiger partial charge is 0.384 e. The lowest BCUT2D eigenvalue weighted by atomic mass is 10.0. The highest BCUT2D eigenvalue weighted by Gasteiger charge is 2.13. The van der Waals surface area contributed by atoms with E-state index in [2.05, 4.69) is 0 Å². The topological polar surface area (TPSA) is 20.2 Å². The molecule has 0 aliphatic carbocycles. The van der Waals surface area contributed by atoms with Gasteiger partial charge in [0.25, 0.3) is 6.43 Å². The number of hydrogen-bond acceptors (Lipinski definition) is 2. The first-order chi connectivity index (χ1) is 8.08. The Kier molecular flexibility index (Phi) is 3.54. The van der Waals surface area contributed by atoms with Gasteiger partial charge in [-0.05, 0) is 29.5 Å². The van der Waals surface area contributed by atoms with Crippen molar-refractivity contribution in [2.75, 3.05) is 0 Å². The molecule has 0 bridgehead atoms. The zero-order valence-corrected chi connectivity index (χ0v) is 10.0. The molecule has 1 unspecified atom stereocenters. The van der Waals surface area contributed by atoms with Crippen molar-refractivity contribution in [1.82, 2.24) is 0 Å². The standard InChI is InChI=1S/C13H12F2OS/c1-8-6-11(7-17-8)12(16)9-2-4-10(5-3-9)13(14)15/h2-7,12-13,16H,1H3. The van der Waals surface area contributed by atoms with Crippen molar-refractivity contribution in [3.8, 4) is 0 Å². The van der Waals surface area contributed by atoms with Crippen LogP contribution in [0.5, 0.6) is 0 Å². The van der Waals surface area contributed by atoms with Crippen LogP contribution in [0.25, 0.3) is 0 Å². The van der Waals surface area contributed by atoms with Gasteiger partial charge in [0.2, 0.25) is 0 Å². The molecule has 0 spiro atoms. The monoisotopic (exact) mass is 254 g/mol. The van der Waals surface area contributed by atoms with E-state index in [4.69, 9.17) is 0 Å². The van der Waals surface area contributed by atoms with Crippen LogP contribution in [0, 0.1) is 6.92 Å². The summed E-state index contributed by atoms with van der Waals surface area (Å²) in [6.07, 6.45) is -3.21. The lowest BCUT2D eigenvalue weighted by molar-refractivity contribution is 0.151. The summed E-state index contributed by atoms with van der Waals surface area (Å²) in [6, 6.07) is 7.68. The highest BCUT2D eigenvalue weighted by atomic mass is 32.1. The number of hydrogen-bond donors (Lipinski definition) is 1. The fourth-order valence-electron chi connectivity index (χ4n) is 1.62. The maximum absolute atomic E-state index is 12.4. The van der Waals surface area contributed by atoms with Crippen LogP contribution in [0.15, 0.2) is 35.7 Å². The van der Waals surface area contributed by atoms with Crippen LogP contribution in [0.4, 0.5) is 8.78 Å². The summed E-state index contributed by atoms with van der Waals surface area (Å²) < 4.78 is 24.7. The molecule has 1 heterocycles. The van der Waals surface area contributed by atoms with Crippen molar-refractivity contribution in [3.05, 3.63) is 57.3 Å². The van der Waals surface area contributed by atoms with Crippen molar-refractivity contribution in [1.29, 1.82) is 0 Å².